The van der Waals surface area contributed by atoms with Crippen LogP contribution in [0.5, 0.6) is 11.5 Å². The van der Waals surface area contributed by atoms with E-state index in [2.05, 4.69) is 10.6 Å². The van der Waals surface area contributed by atoms with E-state index in [1.165, 1.54) is 0 Å². The van der Waals surface area contributed by atoms with Gasteiger partial charge in [0.2, 0.25) is 5.91 Å². The number of carbonyl (C=O) groups is 1. The molecule has 1 amide bonds. The molecule has 0 aliphatic carbocycles. The van der Waals surface area contributed by atoms with Gasteiger partial charge in [0.05, 0.1) is 14.2 Å². The summed E-state index contributed by atoms with van der Waals surface area (Å²) in [5.74, 6) is 1.49. The van der Waals surface area contributed by atoms with Gasteiger partial charge in [0.1, 0.15) is 0 Å². The third-order valence-corrected chi connectivity index (χ3v) is 3.24. The highest BCUT2D eigenvalue weighted by Crippen LogP contribution is 2.30. The van der Waals surface area contributed by atoms with Crippen molar-refractivity contribution in [1.29, 1.82) is 0 Å². The molecular weight excluding hydrogens is 244 g/mol. The Kier molecular flexibility index (Phi) is 4.49. The zero-order valence-electron chi connectivity index (χ0n) is 11.4. The van der Waals surface area contributed by atoms with Crippen LogP contribution >= 0.6 is 0 Å². The van der Waals surface area contributed by atoms with Gasteiger partial charge in [0, 0.05) is 30.8 Å². The molecule has 5 heteroatoms. The predicted octanol–water partition coefficient (Wildman–Crippen LogP) is 1.78. The van der Waals surface area contributed by atoms with Crippen LogP contribution in [0.2, 0.25) is 0 Å². The summed E-state index contributed by atoms with van der Waals surface area (Å²) in [6.07, 6.45) is 2.48. The van der Waals surface area contributed by atoms with Crippen LogP contribution in [0, 0.1) is 0 Å². The van der Waals surface area contributed by atoms with Gasteiger partial charge in [-0.05, 0) is 25.0 Å². The molecule has 5 nitrogen and oxygen atoms in total. The Balaban J connectivity index is 2.07. The highest BCUT2D eigenvalue weighted by atomic mass is 16.5. The Bertz CT molecular complexity index is 448. The van der Waals surface area contributed by atoms with Crippen LogP contribution in [0.1, 0.15) is 19.3 Å². The van der Waals surface area contributed by atoms with Gasteiger partial charge in [-0.25, -0.2) is 0 Å². The van der Waals surface area contributed by atoms with E-state index in [-0.39, 0.29) is 11.9 Å². The van der Waals surface area contributed by atoms with Gasteiger partial charge in [-0.1, -0.05) is 0 Å². The van der Waals surface area contributed by atoms with Gasteiger partial charge < -0.3 is 20.1 Å². The molecule has 2 rings (SSSR count). The summed E-state index contributed by atoms with van der Waals surface area (Å²) < 4.78 is 10.5. The van der Waals surface area contributed by atoms with E-state index >= 15 is 0 Å². The lowest BCUT2D eigenvalue weighted by atomic mass is 10.1. The molecule has 1 atom stereocenters. The van der Waals surface area contributed by atoms with Crippen LogP contribution in [-0.2, 0) is 4.79 Å². The van der Waals surface area contributed by atoms with E-state index < -0.39 is 0 Å². The fraction of sp³-hybridized carbons (Fsp3) is 0.500. The Morgan fingerprint density at radius 1 is 1.26 bits per heavy atom. The van der Waals surface area contributed by atoms with Gasteiger partial charge in [-0.2, -0.15) is 0 Å². The monoisotopic (exact) mass is 264 g/mol. The molecule has 0 bridgehead atoms. The van der Waals surface area contributed by atoms with Crippen LogP contribution in [0.15, 0.2) is 18.2 Å². The largest absolute Gasteiger partial charge is 0.493 e. The van der Waals surface area contributed by atoms with Gasteiger partial charge in [0.15, 0.2) is 11.5 Å². The SMILES string of the molecule is COc1ccc(NC2CCCNC(=O)C2)cc1OC. The Morgan fingerprint density at radius 3 is 2.79 bits per heavy atom. The Labute approximate surface area is 113 Å². The molecule has 19 heavy (non-hydrogen) atoms. The summed E-state index contributed by atoms with van der Waals surface area (Å²) >= 11 is 0. The van der Waals surface area contributed by atoms with Gasteiger partial charge in [-0.3, -0.25) is 4.79 Å². The number of methoxy groups -OCH3 is 2. The number of amides is 1. The molecule has 1 aromatic rings. The zero-order valence-corrected chi connectivity index (χ0v) is 11.4. The van der Waals surface area contributed by atoms with Gasteiger partial charge >= 0.3 is 0 Å². The van der Waals surface area contributed by atoms with Crippen molar-refractivity contribution in [2.24, 2.45) is 0 Å². The number of nitrogens with one attached hydrogen (secondary N) is 2. The van der Waals surface area contributed by atoms with Crippen molar-refractivity contribution in [3.63, 3.8) is 0 Å². The second-order valence-corrected chi connectivity index (χ2v) is 4.61. The fourth-order valence-electron chi connectivity index (χ4n) is 2.26. The summed E-state index contributed by atoms with van der Waals surface area (Å²) in [5, 5.41) is 6.26. The predicted molar refractivity (Wildman–Crippen MR) is 73.8 cm³/mol. The minimum absolute atomic E-state index is 0.107. The normalized spacial score (nSPS) is 19.3. The number of carbonyl (C=O) groups excluding carboxylic acids is 1. The molecule has 1 aliphatic heterocycles. The van der Waals surface area contributed by atoms with Crippen LogP contribution in [0.4, 0.5) is 5.69 Å². The number of benzene rings is 1. The van der Waals surface area contributed by atoms with Crippen molar-refractivity contribution < 1.29 is 14.3 Å². The first-order chi connectivity index (χ1) is 9.22. The number of rotatable bonds is 4. The quantitative estimate of drug-likeness (QED) is 0.870. The smallest absolute Gasteiger partial charge is 0.222 e. The topological polar surface area (TPSA) is 59.6 Å². The van der Waals surface area contributed by atoms with Crippen molar-refractivity contribution in [3.05, 3.63) is 18.2 Å². The maximum absolute atomic E-state index is 11.5. The maximum atomic E-state index is 11.5. The van der Waals surface area contributed by atoms with E-state index in [4.69, 9.17) is 9.47 Å². The molecule has 0 radical (unpaired) electrons. The van der Waals surface area contributed by atoms with Crippen LogP contribution in [0.25, 0.3) is 0 Å². The van der Waals surface area contributed by atoms with Crippen molar-refractivity contribution >= 4 is 11.6 Å². The van der Waals surface area contributed by atoms with Crippen LogP contribution < -0.4 is 20.1 Å². The van der Waals surface area contributed by atoms with E-state index in [0.29, 0.717) is 17.9 Å². The molecule has 1 saturated heterocycles. The number of ether oxygens (including phenoxy) is 2. The summed E-state index contributed by atoms with van der Waals surface area (Å²) in [5.41, 5.74) is 0.942. The zero-order chi connectivity index (χ0) is 13.7. The average Bonchev–Trinajstić information content (AvgIpc) is 2.63. The second-order valence-electron chi connectivity index (χ2n) is 4.61. The minimum Gasteiger partial charge on any atom is -0.493 e. The fourth-order valence-corrected chi connectivity index (χ4v) is 2.26. The van der Waals surface area contributed by atoms with E-state index in [9.17, 15) is 4.79 Å². The van der Waals surface area contributed by atoms with Crippen LogP contribution in [0.3, 0.4) is 0 Å². The first kappa shape index (κ1) is 13.5. The molecule has 0 aromatic heterocycles. The maximum Gasteiger partial charge on any atom is 0.222 e. The van der Waals surface area contributed by atoms with Crippen molar-refractivity contribution in [2.75, 3.05) is 26.1 Å². The molecule has 0 saturated carbocycles. The number of hydrogen-bond donors (Lipinski definition) is 2. The second kappa shape index (κ2) is 6.31. The minimum atomic E-state index is 0.107. The third kappa shape index (κ3) is 3.53. The van der Waals surface area contributed by atoms with Crippen LogP contribution in [-0.4, -0.2) is 32.7 Å². The van der Waals surface area contributed by atoms with E-state index in [0.717, 1.165) is 25.1 Å². The Hall–Kier alpha value is -1.91. The number of anilines is 1. The summed E-state index contributed by atoms with van der Waals surface area (Å²) in [6, 6.07) is 5.85. The van der Waals surface area contributed by atoms with E-state index in [1.807, 2.05) is 18.2 Å². The molecule has 1 heterocycles. The summed E-state index contributed by atoms with van der Waals surface area (Å²) in [7, 11) is 3.22. The van der Waals surface area contributed by atoms with Crippen molar-refractivity contribution in [2.45, 2.75) is 25.3 Å². The highest BCUT2D eigenvalue weighted by Gasteiger charge is 2.17. The molecule has 1 aromatic carbocycles. The lowest BCUT2D eigenvalue weighted by Gasteiger charge is -2.18. The molecule has 1 fully saturated rings. The standard InChI is InChI=1S/C14H20N2O3/c1-18-12-6-5-11(8-13(12)19-2)16-10-4-3-7-15-14(17)9-10/h5-6,8,10,16H,3-4,7,9H2,1-2H3,(H,15,17). The molecule has 0 spiro atoms. The molecule has 1 aliphatic rings. The van der Waals surface area contributed by atoms with Crippen molar-refractivity contribution in [1.82, 2.24) is 5.32 Å². The molecule has 2 N–H and O–H groups in total. The first-order valence-corrected chi connectivity index (χ1v) is 6.48. The highest BCUT2D eigenvalue weighted by molar-refractivity contribution is 5.77. The molecular formula is C14H20N2O3. The summed E-state index contributed by atoms with van der Waals surface area (Å²) in [6.45, 7) is 0.767. The van der Waals surface area contributed by atoms with Crippen molar-refractivity contribution in [3.8, 4) is 11.5 Å². The number of hydrogen-bond acceptors (Lipinski definition) is 4. The lowest BCUT2D eigenvalue weighted by Crippen LogP contribution is -2.26. The first-order valence-electron chi connectivity index (χ1n) is 6.48. The molecule has 1 unspecified atom stereocenters. The Morgan fingerprint density at radius 2 is 2.05 bits per heavy atom. The average molecular weight is 264 g/mol. The molecule has 104 valence electrons. The van der Waals surface area contributed by atoms with Gasteiger partial charge in [0.25, 0.3) is 0 Å². The lowest BCUT2D eigenvalue weighted by molar-refractivity contribution is -0.120. The third-order valence-electron chi connectivity index (χ3n) is 3.24. The van der Waals surface area contributed by atoms with Gasteiger partial charge in [-0.15, -0.1) is 0 Å². The van der Waals surface area contributed by atoms with E-state index in [1.54, 1.807) is 14.2 Å². The summed E-state index contributed by atoms with van der Waals surface area (Å²) in [4.78, 5) is 11.5.